The molecule has 10 nitrogen and oxygen atoms in total. The van der Waals surface area contributed by atoms with Crippen LogP contribution in [0.25, 0.3) is 0 Å². The maximum Gasteiger partial charge on any atom is 0.412 e. The number of carbonyl (C=O) groups excluding carboxylic acids is 2. The van der Waals surface area contributed by atoms with Crippen LogP contribution in [0.3, 0.4) is 0 Å². The van der Waals surface area contributed by atoms with Gasteiger partial charge < -0.3 is 15.2 Å². The summed E-state index contributed by atoms with van der Waals surface area (Å²) in [5.74, 6) is 1.45. The number of aromatic hydroxyl groups is 1. The van der Waals surface area contributed by atoms with Gasteiger partial charge in [-0.3, -0.25) is 15.1 Å². The van der Waals surface area contributed by atoms with E-state index in [4.69, 9.17) is 9.73 Å². The quantitative estimate of drug-likeness (QED) is 0.429. The van der Waals surface area contributed by atoms with E-state index in [1.807, 2.05) is 6.92 Å². The van der Waals surface area contributed by atoms with Gasteiger partial charge in [0.05, 0.1) is 11.4 Å². The molecule has 0 radical (unpaired) electrons. The van der Waals surface area contributed by atoms with Gasteiger partial charge in [0.1, 0.15) is 22.7 Å². The number of hydrogen-bond donors (Lipinski definition) is 3. The highest BCUT2D eigenvalue weighted by atomic mass is 32.2. The van der Waals surface area contributed by atoms with Gasteiger partial charge in [0.25, 0.3) is 5.91 Å². The van der Waals surface area contributed by atoms with Gasteiger partial charge in [-0.15, -0.1) is 0 Å². The number of amidine groups is 1. The molecule has 0 aromatic heterocycles. The Labute approximate surface area is 238 Å². The Kier molecular flexibility index (Phi) is 8.57. The van der Waals surface area contributed by atoms with Gasteiger partial charge in [-0.05, 0) is 95.4 Å². The number of ether oxygens (including phenoxy) is 1. The molecule has 2 fully saturated rings. The molecule has 3 N–H and O–H groups in total. The molecule has 1 aromatic carbocycles. The number of phenols is 1. The highest BCUT2D eigenvalue weighted by Crippen LogP contribution is 2.37. The van der Waals surface area contributed by atoms with E-state index in [0.29, 0.717) is 24.3 Å². The number of sulfonamides is 1. The normalized spacial score (nSPS) is 23.6. The molecule has 40 heavy (non-hydrogen) atoms. The van der Waals surface area contributed by atoms with Crippen molar-refractivity contribution < 1.29 is 27.9 Å². The fourth-order valence-corrected chi connectivity index (χ4v) is 7.47. The van der Waals surface area contributed by atoms with Crippen LogP contribution in [0.5, 0.6) is 5.75 Å². The number of phenolic OH excluding ortho intramolecular Hbond substituents is 1. The summed E-state index contributed by atoms with van der Waals surface area (Å²) in [6, 6.07) is 1.63. The molecular formula is C29H44N4O6S. The second-order valence-electron chi connectivity index (χ2n) is 12.7. The number of benzene rings is 1. The number of anilines is 1. The summed E-state index contributed by atoms with van der Waals surface area (Å²) in [4.78, 5) is 30.0. The van der Waals surface area contributed by atoms with E-state index in [1.165, 1.54) is 4.31 Å². The first-order valence-electron chi connectivity index (χ1n) is 14.3. The fourth-order valence-electron chi connectivity index (χ4n) is 6.01. The molecule has 1 saturated carbocycles. The van der Waals surface area contributed by atoms with E-state index >= 15 is 0 Å². The maximum absolute atomic E-state index is 13.3. The standard InChI is InChI=1S/C29H44N4O6S/c1-18-7-9-21(10-8-18)25-31-26(35)29(32-25)12-14-33(15-13-29)40(37,38)16-11-22-19(2)17-23(24(34)20(22)3)30-27(36)39-28(4,5)6/h17-18,21,34H,7-16H2,1-6H3,(H,30,36)(H,31,32,35). The molecule has 0 bridgehead atoms. The molecule has 2 amide bonds. The molecule has 1 aromatic rings. The summed E-state index contributed by atoms with van der Waals surface area (Å²) in [5.41, 5.74) is 0.665. The molecule has 2 aliphatic heterocycles. The number of hydrogen-bond acceptors (Lipinski definition) is 7. The summed E-state index contributed by atoms with van der Waals surface area (Å²) in [6.45, 7) is 11.5. The lowest BCUT2D eigenvalue weighted by Gasteiger charge is -2.34. The molecule has 2 heterocycles. The molecule has 1 aliphatic carbocycles. The van der Waals surface area contributed by atoms with Gasteiger partial charge in [0, 0.05) is 19.0 Å². The van der Waals surface area contributed by atoms with Crippen molar-refractivity contribution in [2.24, 2.45) is 16.8 Å². The first kappa shape index (κ1) is 30.3. The van der Waals surface area contributed by atoms with Crippen molar-refractivity contribution in [3.63, 3.8) is 0 Å². The van der Waals surface area contributed by atoms with E-state index in [9.17, 15) is 23.1 Å². The van der Waals surface area contributed by atoms with Crippen molar-refractivity contribution >= 4 is 33.5 Å². The number of nitrogens with one attached hydrogen (secondary N) is 2. The van der Waals surface area contributed by atoms with E-state index in [2.05, 4.69) is 17.6 Å². The van der Waals surface area contributed by atoms with Crippen molar-refractivity contribution in [2.45, 2.75) is 97.6 Å². The van der Waals surface area contributed by atoms with Crippen molar-refractivity contribution in [1.29, 1.82) is 0 Å². The predicted octanol–water partition coefficient (Wildman–Crippen LogP) is 4.42. The number of nitrogens with zero attached hydrogens (tertiary/aromatic N) is 2. The Balaban J connectivity index is 1.38. The summed E-state index contributed by atoms with van der Waals surface area (Å²) in [5, 5.41) is 16.3. The second-order valence-corrected chi connectivity index (χ2v) is 14.8. The number of rotatable bonds is 6. The lowest BCUT2D eigenvalue weighted by molar-refractivity contribution is -0.125. The lowest BCUT2D eigenvalue weighted by atomic mass is 9.82. The SMILES string of the molecule is Cc1cc(NC(=O)OC(C)(C)C)c(O)c(C)c1CCS(=O)(=O)N1CCC2(CC1)N=C(C1CCC(C)CC1)NC2=O. The van der Waals surface area contributed by atoms with E-state index < -0.39 is 27.3 Å². The van der Waals surface area contributed by atoms with Crippen LogP contribution in [0.4, 0.5) is 10.5 Å². The molecule has 0 atom stereocenters. The third kappa shape index (κ3) is 6.62. The minimum Gasteiger partial charge on any atom is -0.505 e. The van der Waals surface area contributed by atoms with E-state index in [-0.39, 0.29) is 48.5 Å². The highest BCUT2D eigenvalue weighted by Gasteiger charge is 2.48. The Bertz CT molecular complexity index is 1280. The molecule has 1 saturated heterocycles. The number of aryl methyl sites for hydroxylation is 1. The molecule has 3 aliphatic rings. The summed E-state index contributed by atoms with van der Waals surface area (Å²) in [6.07, 6.45) is 4.61. The average Bonchev–Trinajstić information content (AvgIpc) is 3.17. The lowest BCUT2D eigenvalue weighted by Crippen LogP contribution is -2.51. The summed E-state index contributed by atoms with van der Waals surface area (Å²) in [7, 11) is -3.60. The highest BCUT2D eigenvalue weighted by molar-refractivity contribution is 7.89. The largest absolute Gasteiger partial charge is 0.505 e. The van der Waals surface area contributed by atoms with Gasteiger partial charge in [0.15, 0.2) is 0 Å². The molecule has 1 spiro atoms. The minimum atomic E-state index is -3.60. The van der Waals surface area contributed by atoms with Crippen LogP contribution in [0.1, 0.15) is 82.9 Å². The number of piperidine rings is 1. The van der Waals surface area contributed by atoms with Gasteiger partial charge >= 0.3 is 6.09 Å². The Hall–Kier alpha value is -2.66. The van der Waals surface area contributed by atoms with Crippen LogP contribution in [-0.4, -0.2) is 65.6 Å². The van der Waals surface area contributed by atoms with Crippen LogP contribution in [0.2, 0.25) is 0 Å². The van der Waals surface area contributed by atoms with Crippen LogP contribution in [0.15, 0.2) is 11.1 Å². The number of amides is 2. The molecular weight excluding hydrogens is 532 g/mol. The minimum absolute atomic E-state index is 0.0972. The van der Waals surface area contributed by atoms with E-state index in [1.54, 1.807) is 33.8 Å². The fraction of sp³-hybridized carbons (Fsp3) is 0.690. The molecule has 11 heteroatoms. The Morgan fingerprint density at radius 1 is 1.20 bits per heavy atom. The maximum atomic E-state index is 13.3. The van der Waals surface area contributed by atoms with Crippen LogP contribution >= 0.6 is 0 Å². The molecule has 222 valence electrons. The average molecular weight is 577 g/mol. The third-order valence-corrected chi connectivity index (χ3v) is 10.4. The number of aliphatic imine (C=N–C) groups is 1. The van der Waals surface area contributed by atoms with Crippen LogP contribution in [-0.2, 0) is 26.0 Å². The second kappa shape index (κ2) is 11.3. The Morgan fingerprint density at radius 2 is 1.82 bits per heavy atom. The van der Waals surface area contributed by atoms with Gasteiger partial charge in [-0.25, -0.2) is 17.5 Å². The van der Waals surface area contributed by atoms with Crippen molar-refractivity contribution in [2.75, 3.05) is 24.2 Å². The van der Waals surface area contributed by atoms with Crippen molar-refractivity contribution in [3.8, 4) is 5.75 Å². The van der Waals surface area contributed by atoms with Crippen molar-refractivity contribution in [3.05, 3.63) is 22.8 Å². The monoisotopic (exact) mass is 576 g/mol. The first-order valence-corrected chi connectivity index (χ1v) is 15.9. The zero-order valence-corrected chi connectivity index (χ0v) is 25.4. The summed E-state index contributed by atoms with van der Waals surface area (Å²) < 4.78 is 33.3. The van der Waals surface area contributed by atoms with Gasteiger partial charge in [-0.2, -0.15) is 0 Å². The first-order chi connectivity index (χ1) is 18.6. The topological polar surface area (TPSA) is 137 Å². The zero-order valence-electron chi connectivity index (χ0n) is 24.6. The molecule has 4 rings (SSSR count). The van der Waals surface area contributed by atoms with Crippen LogP contribution < -0.4 is 10.6 Å². The Morgan fingerprint density at radius 3 is 2.42 bits per heavy atom. The zero-order chi connectivity index (χ0) is 29.5. The van der Waals surface area contributed by atoms with Gasteiger partial charge in [0.2, 0.25) is 10.0 Å². The summed E-state index contributed by atoms with van der Waals surface area (Å²) >= 11 is 0. The van der Waals surface area contributed by atoms with Gasteiger partial charge in [-0.1, -0.05) is 19.8 Å². The predicted molar refractivity (Wildman–Crippen MR) is 155 cm³/mol. The van der Waals surface area contributed by atoms with Crippen molar-refractivity contribution in [1.82, 2.24) is 9.62 Å². The number of carbonyl (C=O) groups is 2. The van der Waals surface area contributed by atoms with E-state index in [0.717, 1.165) is 42.6 Å². The smallest absolute Gasteiger partial charge is 0.412 e. The molecule has 0 unspecified atom stereocenters. The third-order valence-electron chi connectivity index (χ3n) is 8.49. The van der Waals surface area contributed by atoms with Crippen LogP contribution in [0, 0.1) is 25.7 Å².